The second-order valence-electron chi connectivity index (χ2n) is 3.73. The first-order valence-electron chi connectivity index (χ1n) is 5.16. The second-order valence-corrected chi connectivity index (χ2v) is 4.67. The van der Waals surface area contributed by atoms with Crippen molar-refractivity contribution in [1.29, 1.82) is 0 Å². The van der Waals surface area contributed by atoms with Gasteiger partial charge in [0.2, 0.25) is 0 Å². The molecule has 1 fully saturated rings. The van der Waals surface area contributed by atoms with Gasteiger partial charge in [0.15, 0.2) is 0 Å². The molecular formula is C11H15NO2S. The van der Waals surface area contributed by atoms with Crippen LogP contribution < -0.4 is 0 Å². The Morgan fingerprint density at radius 2 is 2.60 bits per heavy atom. The molecule has 0 radical (unpaired) electrons. The first-order valence-corrected chi connectivity index (χ1v) is 6.04. The highest BCUT2D eigenvalue weighted by Crippen LogP contribution is 2.22. The molecule has 15 heavy (non-hydrogen) atoms. The van der Waals surface area contributed by atoms with E-state index in [9.17, 15) is 4.79 Å². The van der Waals surface area contributed by atoms with Crippen molar-refractivity contribution in [3.8, 4) is 0 Å². The van der Waals surface area contributed by atoms with E-state index in [0.717, 1.165) is 24.3 Å². The average molecular weight is 225 g/mol. The van der Waals surface area contributed by atoms with E-state index in [1.54, 1.807) is 7.11 Å². The number of likely N-dealkylation sites (tertiary alicyclic amines) is 1. The van der Waals surface area contributed by atoms with Crippen molar-refractivity contribution in [1.82, 2.24) is 4.90 Å². The summed E-state index contributed by atoms with van der Waals surface area (Å²) in [4.78, 5) is 14.8. The number of amides is 1. The highest BCUT2D eigenvalue weighted by Gasteiger charge is 2.29. The molecule has 0 aliphatic carbocycles. The SMILES string of the molecule is COCC1CCCN1C(=O)c1cccs1. The van der Waals surface area contributed by atoms with Gasteiger partial charge in [0.05, 0.1) is 17.5 Å². The number of carbonyl (C=O) groups is 1. The van der Waals surface area contributed by atoms with Gasteiger partial charge in [-0.3, -0.25) is 4.79 Å². The van der Waals surface area contributed by atoms with E-state index in [2.05, 4.69) is 0 Å². The maximum atomic E-state index is 12.1. The average Bonchev–Trinajstić information content (AvgIpc) is 2.87. The third kappa shape index (κ3) is 2.21. The minimum absolute atomic E-state index is 0.157. The van der Waals surface area contributed by atoms with Gasteiger partial charge in [-0.15, -0.1) is 11.3 Å². The van der Waals surface area contributed by atoms with Crippen LogP contribution in [0.1, 0.15) is 22.5 Å². The normalized spacial score (nSPS) is 20.9. The number of hydrogen-bond acceptors (Lipinski definition) is 3. The van der Waals surface area contributed by atoms with Crippen LogP contribution in [0.5, 0.6) is 0 Å². The fourth-order valence-electron chi connectivity index (χ4n) is 2.01. The van der Waals surface area contributed by atoms with E-state index in [0.29, 0.717) is 6.61 Å². The number of ether oxygens (including phenoxy) is 1. The molecule has 0 aromatic carbocycles. The third-order valence-electron chi connectivity index (χ3n) is 2.73. The van der Waals surface area contributed by atoms with Crippen molar-refractivity contribution in [2.24, 2.45) is 0 Å². The summed E-state index contributed by atoms with van der Waals surface area (Å²) >= 11 is 1.51. The van der Waals surface area contributed by atoms with Gasteiger partial charge in [-0.1, -0.05) is 6.07 Å². The van der Waals surface area contributed by atoms with Crippen LogP contribution >= 0.6 is 11.3 Å². The van der Waals surface area contributed by atoms with E-state index in [4.69, 9.17) is 4.74 Å². The Morgan fingerprint density at radius 3 is 3.27 bits per heavy atom. The number of hydrogen-bond donors (Lipinski definition) is 0. The number of carbonyl (C=O) groups excluding carboxylic acids is 1. The molecule has 1 aromatic heterocycles. The molecule has 0 bridgehead atoms. The Morgan fingerprint density at radius 1 is 1.73 bits per heavy atom. The topological polar surface area (TPSA) is 29.5 Å². The molecule has 0 saturated carbocycles. The minimum Gasteiger partial charge on any atom is -0.383 e. The number of thiophene rings is 1. The zero-order chi connectivity index (χ0) is 10.7. The standard InChI is InChI=1S/C11H15NO2S/c1-14-8-9-4-2-6-12(9)11(13)10-5-3-7-15-10/h3,5,7,9H,2,4,6,8H2,1H3. The number of rotatable bonds is 3. The van der Waals surface area contributed by atoms with Gasteiger partial charge in [-0.2, -0.15) is 0 Å². The quantitative estimate of drug-likeness (QED) is 0.787. The molecule has 1 aliphatic heterocycles. The van der Waals surface area contributed by atoms with Gasteiger partial charge >= 0.3 is 0 Å². The molecule has 0 spiro atoms. The number of nitrogens with zero attached hydrogens (tertiary/aromatic N) is 1. The van der Waals surface area contributed by atoms with Gasteiger partial charge in [0.1, 0.15) is 0 Å². The maximum absolute atomic E-state index is 12.1. The molecule has 0 N–H and O–H groups in total. The van der Waals surface area contributed by atoms with E-state index >= 15 is 0 Å². The molecule has 82 valence electrons. The van der Waals surface area contributed by atoms with Crippen molar-refractivity contribution in [3.63, 3.8) is 0 Å². The molecule has 1 saturated heterocycles. The minimum atomic E-state index is 0.157. The van der Waals surface area contributed by atoms with Crippen LogP contribution in [-0.2, 0) is 4.74 Å². The van der Waals surface area contributed by atoms with E-state index < -0.39 is 0 Å². The fraction of sp³-hybridized carbons (Fsp3) is 0.545. The van der Waals surface area contributed by atoms with Crippen LogP contribution in [0.4, 0.5) is 0 Å². The lowest BCUT2D eigenvalue weighted by atomic mass is 10.2. The van der Waals surface area contributed by atoms with Crippen molar-refractivity contribution < 1.29 is 9.53 Å². The molecule has 4 heteroatoms. The zero-order valence-corrected chi connectivity index (χ0v) is 9.63. The molecule has 1 amide bonds. The highest BCUT2D eigenvalue weighted by molar-refractivity contribution is 7.12. The largest absolute Gasteiger partial charge is 0.383 e. The zero-order valence-electron chi connectivity index (χ0n) is 8.81. The van der Waals surface area contributed by atoms with Crippen LogP contribution in [0, 0.1) is 0 Å². The molecular weight excluding hydrogens is 210 g/mol. The molecule has 2 heterocycles. The van der Waals surface area contributed by atoms with Gasteiger partial charge in [0.25, 0.3) is 5.91 Å². The summed E-state index contributed by atoms with van der Waals surface area (Å²) in [6, 6.07) is 4.07. The van der Waals surface area contributed by atoms with E-state index in [-0.39, 0.29) is 11.9 Å². The van der Waals surface area contributed by atoms with Gasteiger partial charge in [0, 0.05) is 13.7 Å². The van der Waals surface area contributed by atoms with Gasteiger partial charge in [-0.25, -0.2) is 0 Å². The van der Waals surface area contributed by atoms with Crippen molar-refractivity contribution in [2.45, 2.75) is 18.9 Å². The summed E-state index contributed by atoms with van der Waals surface area (Å²) < 4.78 is 5.13. The summed E-state index contributed by atoms with van der Waals surface area (Å²) in [5, 5.41) is 1.94. The Hall–Kier alpha value is -0.870. The second kappa shape index (κ2) is 4.77. The van der Waals surface area contributed by atoms with Crippen LogP contribution in [0.3, 0.4) is 0 Å². The highest BCUT2D eigenvalue weighted by atomic mass is 32.1. The summed E-state index contributed by atoms with van der Waals surface area (Å²) in [5.74, 6) is 0.157. The van der Waals surface area contributed by atoms with Crippen LogP contribution in [0.2, 0.25) is 0 Å². The van der Waals surface area contributed by atoms with E-state index in [1.165, 1.54) is 11.3 Å². The Kier molecular flexibility index (Phi) is 3.38. The lowest BCUT2D eigenvalue weighted by Gasteiger charge is -2.23. The molecule has 3 nitrogen and oxygen atoms in total. The predicted molar refractivity (Wildman–Crippen MR) is 60.3 cm³/mol. The smallest absolute Gasteiger partial charge is 0.264 e. The van der Waals surface area contributed by atoms with Crippen LogP contribution in [0.25, 0.3) is 0 Å². The lowest BCUT2D eigenvalue weighted by molar-refractivity contribution is 0.0635. The summed E-state index contributed by atoms with van der Waals surface area (Å²) in [5.41, 5.74) is 0. The summed E-state index contributed by atoms with van der Waals surface area (Å²) in [6.45, 7) is 1.52. The van der Waals surface area contributed by atoms with Gasteiger partial charge in [-0.05, 0) is 24.3 Å². The van der Waals surface area contributed by atoms with Crippen LogP contribution in [-0.4, -0.2) is 37.1 Å². The summed E-state index contributed by atoms with van der Waals surface area (Å²) in [6.07, 6.45) is 2.15. The first kappa shape index (κ1) is 10.6. The van der Waals surface area contributed by atoms with E-state index in [1.807, 2.05) is 22.4 Å². The monoisotopic (exact) mass is 225 g/mol. The van der Waals surface area contributed by atoms with Crippen molar-refractivity contribution >= 4 is 17.2 Å². The Balaban J connectivity index is 2.06. The Bertz CT molecular complexity index is 323. The van der Waals surface area contributed by atoms with Crippen LogP contribution in [0.15, 0.2) is 17.5 Å². The predicted octanol–water partition coefficient (Wildman–Crippen LogP) is 2.00. The molecule has 1 aromatic rings. The third-order valence-corrected chi connectivity index (χ3v) is 3.59. The van der Waals surface area contributed by atoms with Gasteiger partial charge < -0.3 is 9.64 Å². The van der Waals surface area contributed by atoms with Crippen molar-refractivity contribution in [3.05, 3.63) is 22.4 Å². The fourth-order valence-corrected chi connectivity index (χ4v) is 2.69. The Labute approximate surface area is 93.7 Å². The van der Waals surface area contributed by atoms with Crippen molar-refractivity contribution in [2.75, 3.05) is 20.3 Å². The first-order chi connectivity index (χ1) is 7.33. The molecule has 1 unspecified atom stereocenters. The molecule has 2 rings (SSSR count). The molecule has 1 atom stereocenters. The maximum Gasteiger partial charge on any atom is 0.264 e. The molecule has 1 aliphatic rings. The summed E-state index contributed by atoms with van der Waals surface area (Å²) in [7, 11) is 1.69. The number of methoxy groups -OCH3 is 1. The lowest BCUT2D eigenvalue weighted by Crippen LogP contribution is -2.37.